The van der Waals surface area contributed by atoms with Crippen molar-refractivity contribution in [3.8, 4) is 5.75 Å². The van der Waals surface area contributed by atoms with Gasteiger partial charge in [-0.15, -0.1) is 0 Å². The average molecular weight is 662 g/mol. The molecule has 0 saturated carbocycles. The van der Waals surface area contributed by atoms with E-state index < -0.39 is 34.1 Å². The van der Waals surface area contributed by atoms with E-state index in [4.69, 9.17) is 16.3 Å². The fraction of sp³-hybridized carbons (Fsp3) is 0.278. The van der Waals surface area contributed by atoms with Crippen molar-refractivity contribution in [3.63, 3.8) is 0 Å². The summed E-state index contributed by atoms with van der Waals surface area (Å²) >= 11 is 6.08. The first-order chi connectivity index (χ1) is 21.9. The maximum Gasteiger partial charge on any atom is 0.264 e. The van der Waals surface area contributed by atoms with Crippen LogP contribution in [0.1, 0.15) is 38.8 Å². The first-order valence-corrected chi connectivity index (χ1v) is 16.9. The van der Waals surface area contributed by atoms with E-state index in [2.05, 4.69) is 5.32 Å². The van der Waals surface area contributed by atoms with Crippen LogP contribution in [0.15, 0.2) is 114 Å². The average Bonchev–Trinajstić information content (AvgIpc) is 3.02. The zero-order valence-electron chi connectivity index (χ0n) is 26.5. The highest BCUT2D eigenvalue weighted by Gasteiger charge is 2.36. The number of benzene rings is 4. The van der Waals surface area contributed by atoms with Gasteiger partial charge in [-0.1, -0.05) is 84.4 Å². The van der Waals surface area contributed by atoms with Gasteiger partial charge in [0.05, 0.1) is 17.2 Å². The van der Waals surface area contributed by atoms with E-state index in [0.29, 0.717) is 10.8 Å². The molecule has 0 fully saturated rings. The smallest absolute Gasteiger partial charge is 0.264 e. The van der Waals surface area contributed by atoms with E-state index in [1.807, 2.05) is 81.4 Å². The largest absolute Gasteiger partial charge is 0.492 e. The maximum absolute atomic E-state index is 14.6. The molecule has 4 aromatic rings. The summed E-state index contributed by atoms with van der Waals surface area (Å²) < 4.78 is 35.4. The molecular weight excluding hydrogens is 622 g/mol. The van der Waals surface area contributed by atoms with Crippen LogP contribution >= 0.6 is 11.6 Å². The SMILES string of the molecule is CCOc1ccccc1N(CC(=O)N(Cc1ccccc1)[C@H](Cc1ccccc1)C(=O)NC(C)(C)C)S(=O)(=O)c1ccc(Cl)cc1. The second-order valence-corrected chi connectivity index (χ2v) is 14.1. The van der Waals surface area contributed by atoms with Crippen molar-refractivity contribution in [2.75, 3.05) is 17.5 Å². The molecule has 0 saturated heterocycles. The quantitative estimate of drug-likeness (QED) is 0.177. The number of nitrogens with zero attached hydrogens (tertiary/aromatic N) is 2. The van der Waals surface area contributed by atoms with Gasteiger partial charge in [0.2, 0.25) is 11.8 Å². The van der Waals surface area contributed by atoms with Crippen molar-refractivity contribution in [1.82, 2.24) is 10.2 Å². The summed E-state index contributed by atoms with van der Waals surface area (Å²) in [5.41, 5.74) is 1.27. The number of sulfonamides is 1. The number of ether oxygens (including phenoxy) is 1. The molecule has 0 aliphatic carbocycles. The van der Waals surface area contributed by atoms with Gasteiger partial charge in [-0.25, -0.2) is 8.42 Å². The van der Waals surface area contributed by atoms with Crippen LogP contribution in [0.3, 0.4) is 0 Å². The van der Waals surface area contributed by atoms with E-state index >= 15 is 0 Å². The molecule has 4 aromatic carbocycles. The Morgan fingerprint density at radius 1 is 0.826 bits per heavy atom. The van der Waals surface area contributed by atoms with Gasteiger partial charge < -0.3 is 15.0 Å². The van der Waals surface area contributed by atoms with Crippen molar-refractivity contribution >= 4 is 39.1 Å². The molecule has 4 rings (SSSR count). The minimum Gasteiger partial charge on any atom is -0.492 e. The normalized spacial score (nSPS) is 12.2. The van der Waals surface area contributed by atoms with Crippen molar-refractivity contribution in [2.45, 2.75) is 57.1 Å². The van der Waals surface area contributed by atoms with Crippen LogP contribution in [-0.2, 0) is 32.6 Å². The molecule has 0 aliphatic heterocycles. The molecule has 46 heavy (non-hydrogen) atoms. The summed E-state index contributed by atoms with van der Waals surface area (Å²) in [6.45, 7) is 7.19. The van der Waals surface area contributed by atoms with Crippen LogP contribution in [-0.4, -0.2) is 49.9 Å². The van der Waals surface area contributed by atoms with Gasteiger partial charge in [0.1, 0.15) is 18.3 Å². The summed E-state index contributed by atoms with van der Waals surface area (Å²) in [4.78, 5) is 30.0. The van der Waals surface area contributed by atoms with Crippen LogP contribution in [0.4, 0.5) is 5.69 Å². The molecule has 10 heteroatoms. The number of amides is 2. The molecule has 8 nitrogen and oxygen atoms in total. The number of para-hydroxylation sites is 2. The number of anilines is 1. The third kappa shape index (κ3) is 9.11. The van der Waals surface area contributed by atoms with Crippen LogP contribution in [0.5, 0.6) is 5.75 Å². The zero-order chi connectivity index (χ0) is 33.3. The summed E-state index contributed by atoms with van der Waals surface area (Å²) in [5.74, 6) is -0.601. The molecule has 1 N–H and O–H groups in total. The van der Waals surface area contributed by atoms with E-state index in [9.17, 15) is 18.0 Å². The van der Waals surface area contributed by atoms with Crippen LogP contribution in [0.2, 0.25) is 5.02 Å². The molecule has 0 unspecified atom stereocenters. The Morgan fingerprint density at radius 3 is 1.98 bits per heavy atom. The predicted molar refractivity (Wildman–Crippen MR) is 182 cm³/mol. The molecule has 1 atom stereocenters. The van der Waals surface area contributed by atoms with E-state index in [0.717, 1.165) is 15.4 Å². The van der Waals surface area contributed by atoms with Gasteiger partial charge in [0, 0.05) is 23.5 Å². The molecule has 0 radical (unpaired) electrons. The number of hydrogen-bond donors (Lipinski definition) is 1. The molecule has 0 bridgehead atoms. The number of hydrogen-bond acceptors (Lipinski definition) is 5. The predicted octanol–water partition coefficient (Wildman–Crippen LogP) is 6.49. The molecule has 0 aliphatic rings. The second-order valence-electron chi connectivity index (χ2n) is 11.8. The Morgan fingerprint density at radius 2 is 1.39 bits per heavy atom. The van der Waals surface area contributed by atoms with Crippen molar-refractivity contribution in [2.24, 2.45) is 0 Å². The Labute approximate surface area is 277 Å². The van der Waals surface area contributed by atoms with Crippen LogP contribution < -0.4 is 14.4 Å². The highest BCUT2D eigenvalue weighted by Crippen LogP contribution is 2.33. The van der Waals surface area contributed by atoms with Crippen molar-refractivity contribution in [1.29, 1.82) is 0 Å². The summed E-state index contributed by atoms with van der Waals surface area (Å²) in [6.07, 6.45) is 0.223. The Balaban J connectivity index is 1.84. The fourth-order valence-corrected chi connectivity index (χ4v) is 6.53. The number of nitrogens with one attached hydrogen (secondary N) is 1. The Kier molecular flexibility index (Phi) is 11.5. The molecule has 242 valence electrons. The van der Waals surface area contributed by atoms with Crippen LogP contribution in [0.25, 0.3) is 0 Å². The van der Waals surface area contributed by atoms with Gasteiger partial charge in [0.25, 0.3) is 10.0 Å². The minimum absolute atomic E-state index is 0.0445. The van der Waals surface area contributed by atoms with Gasteiger partial charge >= 0.3 is 0 Å². The van der Waals surface area contributed by atoms with Crippen molar-refractivity contribution in [3.05, 3.63) is 125 Å². The standard InChI is InChI=1S/C36H40ClN3O5S/c1-5-45-33-19-13-12-18-31(33)40(46(43,44)30-22-20-29(37)21-23-30)26-34(41)39(25-28-16-10-7-11-17-28)32(35(42)38-36(2,3)4)24-27-14-8-6-9-15-27/h6-23,32H,5,24-26H2,1-4H3,(H,38,42)/t32-/m1/s1. The topological polar surface area (TPSA) is 96.0 Å². The molecular formula is C36H40ClN3O5S. The first-order valence-electron chi connectivity index (χ1n) is 15.1. The van der Waals surface area contributed by atoms with E-state index in [1.54, 1.807) is 31.2 Å². The first kappa shape index (κ1) is 34.5. The number of carbonyl (C=O) groups excluding carboxylic acids is 2. The van der Waals surface area contributed by atoms with Gasteiger partial charge in [-0.2, -0.15) is 0 Å². The number of halogens is 1. The third-order valence-corrected chi connectivity index (χ3v) is 9.11. The Hall–Kier alpha value is -4.34. The number of rotatable bonds is 13. The fourth-order valence-electron chi connectivity index (χ4n) is 4.97. The van der Waals surface area contributed by atoms with Gasteiger partial charge in [-0.3, -0.25) is 13.9 Å². The summed E-state index contributed by atoms with van der Waals surface area (Å²) in [7, 11) is -4.30. The monoisotopic (exact) mass is 661 g/mol. The van der Waals surface area contributed by atoms with Crippen LogP contribution in [0, 0.1) is 0 Å². The lowest BCUT2D eigenvalue weighted by Gasteiger charge is -2.35. The zero-order valence-corrected chi connectivity index (χ0v) is 28.1. The lowest BCUT2D eigenvalue weighted by Crippen LogP contribution is -2.56. The Bertz CT molecular complexity index is 1710. The lowest BCUT2D eigenvalue weighted by molar-refractivity contribution is -0.140. The van der Waals surface area contributed by atoms with Gasteiger partial charge in [0.15, 0.2) is 0 Å². The summed E-state index contributed by atoms with van der Waals surface area (Å²) in [5, 5.41) is 3.41. The van der Waals surface area contributed by atoms with E-state index in [-0.39, 0.29) is 36.1 Å². The van der Waals surface area contributed by atoms with Gasteiger partial charge in [-0.05, 0) is 75.2 Å². The van der Waals surface area contributed by atoms with E-state index in [1.165, 1.54) is 29.2 Å². The highest BCUT2D eigenvalue weighted by molar-refractivity contribution is 7.92. The number of carbonyl (C=O) groups is 2. The maximum atomic E-state index is 14.6. The molecule has 2 amide bonds. The highest BCUT2D eigenvalue weighted by atomic mass is 35.5. The molecule has 0 heterocycles. The lowest BCUT2D eigenvalue weighted by atomic mass is 10.0. The molecule has 0 spiro atoms. The van der Waals surface area contributed by atoms with Crippen molar-refractivity contribution < 1.29 is 22.7 Å². The third-order valence-electron chi connectivity index (χ3n) is 7.08. The molecule has 0 aromatic heterocycles. The summed E-state index contributed by atoms with van der Waals surface area (Å²) in [6, 6.07) is 30.3. The second kappa shape index (κ2) is 15.3. The minimum atomic E-state index is -4.30.